The molecule has 0 saturated carbocycles. The SMILES string of the molecule is O=C(O)COCCNC(=O)c1sccc1Br. The fraction of sp³-hybridized carbons (Fsp3) is 0.333. The Kier molecular flexibility index (Phi) is 5.44. The van der Waals surface area contributed by atoms with Crippen LogP contribution in [0.1, 0.15) is 9.67 Å². The molecule has 0 atom stereocenters. The number of carboxylic acid groups (broad SMARTS) is 1. The van der Waals surface area contributed by atoms with Gasteiger partial charge in [0.25, 0.3) is 5.91 Å². The number of aliphatic carboxylic acids is 1. The third-order valence-electron chi connectivity index (χ3n) is 1.58. The summed E-state index contributed by atoms with van der Waals surface area (Å²) in [6.07, 6.45) is 0. The van der Waals surface area contributed by atoms with E-state index >= 15 is 0 Å². The van der Waals surface area contributed by atoms with Crippen LogP contribution in [0.4, 0.5) is 0 Å². The smallest absolute Gasteiger partial charge is 0.329 e. The quantitative estimate of drug-likeness (QED) is 0.778. The molecule has 1 amide bonds. The molecule has 0 saturated heterocycles. The van der Waals surface area contributed by atoms with E-state index in [1.165, 1.54) is 11.3 Å². The van der Waals surface area contributed by atoms with Crippen molar-refractivity contribution >= 4 is 39.1 Å². The van der Waals surface area contributed by atoms with Crippen LogP contribution in [0.25, 0.3) is 0 Å². The van der Waals surface area contributed by atoms with Gasteiger partial charge in [-0.1, -0.05) is 0 Å². The fourth-order valence-electron chi connectivity index (χ4n) is 0.932. The Hall–Kier alpha value is -0.920. The van der Waals surface area contributed by atoms with E-state index < -0.39 is 5.97 Å². The van der Waals surface area contributed by atoms with Crippen LogP contribution >= 0.6 is 27.3 Å². The molecule has 0 spiro atoms. The van der Waals surface area contributed by atoms with Crippen LogP contribution in [0.2, 0.25) is 0 Å². The van der Waals surface area contributed by atoms with E-state index in [9.17, 15) is 9.59 Å². The van der Waals surface area contributed by atoms with E-state index in [-0.39, 0.29) is 25.7 Å². The van der Waals surface area contributed by atoms with Crippen molar-refractivity contribution < 1.29 is 19.4 Å². The third kappa shape index (κ3) is 4.30. The Bertz CT molecular complexity index is 379. The molecule has 1 rings (SSSR count). The van der Waals surface area contributed by atoms with Gasteiger partial charge in [0.1, 0.15) is 11.5 Å². The highest BCUT2D eigenvalue weighted by Crippen LogP contribution is 2.21. The van der Waals surface area contributed by atoms with E-state index in [4.69, 9.17) is 9.84 Å². The summed E-state index contributed by atoms with van der Waals surface area (Å²) in [5.41, 5.74) is 0. The molecule has 16 heavy (non-hydrogen) atoms. The van der Waals surface area contributed by atoms with Gasteiger partial charge in [-0.3, -0.25) is 4.79 Å². The first-order valence-corrected chi connectivity index (χ1v) is 6.09. The van der Waals surface area contributed by atoms with E-state index in [1.807, 2.05) is 0 Å². The lowest BCUT2D eigenvalue weighted by atomic mass is 10.4. The zero-order chi connectivity index (χ0) is 12.0. The van der Waals surface area contributed by atoms with Crippen LogP contribution in [-0.4, -0.2) is 36.7 Å². The van der Waals surface area contributed by atoms with Crippen LogP contribution < -0.4 is 5.32 Å². The highest BCUT2D eigenvalue weighted by atomic mass is 79.9. The van der Waals surface area contributed by atoms with Crippen molar-refractivity contribution in [2.24, 2.45) is 0 Å². The zero-order valence-electron chi connectivity index (χ0n) is 8.23. The van der Waals surface area contributed by atoms with Crippen molar-refractivity contribution in [2.75, 3.05) is 19.8 Å². The number of nitrogens with one attached hydrogen (secondary N) is 1. The Balaban J connectivity index is 2.21. The number of rotatable bonds is 6. The molecule has 0 aliphatic heterocycles. The van der Waals surface area contributed by atoms with E-state index in [0.717, 1.165) is 4.47 Å². The van der Waals surface area contributed by atoms with Gasteiger partial charge in [0.15, 0.2) is 0 Å². The second kappa shape index (κ2) is 6.62. The Morgan fingerprint density at radius 2 is 2.31 bits per heavy atom. The summed E-state index contributed by atoms with van der Waals surface area (Å²) in [5, 5.41) is 12.7. The van der Waals surface area contributed by atoms with Gasteiger partial charge in [0.05, 0.1) is 6.61 Å². The fourth-order valence-corrected chi connectivity index (χ4v) is 2.40. The van der Waals surface area contributed by atoms with E-state index in [1.54, 1.807) is 11.4 Å². The number of thiophene rings is 1. The molecular formula is C9H10BrNO4S. The van der Waals surface area contributed by atoms with Crippen LogP contribution in [0, 0.1) is 0 Å². The van der Waals surface area contributed by atoms with Crippen molar-refractivity contribution in [3.63, 3.8) is 0 Å². The number of carbonyl (C=O) groups is 2. The molecule has 2 N–H and O–H groups in total. The molecule has 0 bridgehead atoms. The maximum atomic E-state index is 11.5. The molecule has 1 aromatic rings. The number of ether oxygens (including phenoxy) is 1. The highest BCUT2D eigenvalue weighted by Gasteiger charge is 2.10. The van der Waals surface area contributed by atoms with Crippen LogP contribution in [0.15, 0.2) is 15.9 Å². The lowest BCUT2D eigenvalue weighted by molar-refractivity contribution is -0.142. The number of carboxylic acids is 1. The maximum Gasteiger partial charge on any atom is 0.329 e. The molecule has 0 aliphatic carbocycles. The van der Waals surface area contributed by atoms with Crippen molar-refractivity contribution in [2.45, 2.75) is 0 Å². The predicted octanol–water partition coefficient (Wildman–Crippen LogP) is 1.34. The van der Waals surface area contributed by atoms with Gasteiger partial charge in [-0.25, -0.2) is 4.79 Å². The minimum absolute atomic E-state index is 0.182. The van der Waals surface area contributed by atoms with Crippen molar-refractivity contribution in [1.29, 1.82) is 0 Å². The van der Waals surface area contributed by atoms with E-state index in [0.29, 0.717) is 4.88 Å². The number of carbonyl (C=O) groups excluding carboxylic acids is 1. The first-order valence-electron chi connectivity index (χ1n) is 4.42. The molecule has 0 radical (unpaired) electrons. The van der Waals surface area contributed by atoms with Crippen molar-refractivity contribution in [1.82, 2.24) is 5.32 Å². The largest absolute Gasteiger partial charge is 0.480 e. The Morgan fingerprint density at radius 3 is 2.88 bits per heavy atom. The summed E-state index contributed by atoms with van der Waals surface area (Å²) in [5.74, 6) is -1.21. The predicted molar refractivity (Wildman–Crippen MR) is 62.8 cm³/mol. The van der Waals surface area contributed by atoms with Crippen LogP contribution in [-0.2, 0) is 9.53 Å². The first kappa shape index (κ1) is 13.1. The lowest BCUT2D eigenvalue weighted by Crippen LogP contribution is -2.27. The van der Waals surface area contributed by atoms with Gasteiger partial charge >= 0.3 is 5.97 Å². The lowest BCUT2D eigenvalue weighted by Gasteiger charge is -2.03. The van der Waals surface area contributed by atoms with Gasteiger partial charge in [0, 0.05) is 11.0 Å². The van der Waals surface area contributed by atoms with Gasteiger partial charge in [-0.2, -0.15) is 0 Å². The maximum absolute atomic E-state index is 11.5. The van der Waals surface area contributed by atoms with E-state index in [2.05, 4.69) is 21.2 Å². The summed E-state index contributed by atoms with van der Waals surface area (Å²) in [7, 11) is 0. The zero-order valence-corrected chi connectivity index (χ0v) is 10.6. The number of hydrogen-bond acceptors (Lipinski definition) is 4. The molecule has 7 heteroatoms. The monoisotopic (exact) mass is 307 g/mol. The van der Waals surface area contributed by atoms with Crippen LogP contribution in [0.5, 0.6) is 0 Å². The standard InChI is InChI=1S/C9H10BrNO4S/c10-6-1-4-16-8(6)9(14)11-2-3-15-5-7(12)13/h1,4H,2-3,5H2,(H,11,14)(H,12,13). The Morgan fingerprint density at radius 1 is 1.56 bits per heavy atom. The average molecular weight is 308 g/mol. The summed E-state index contributed by atoms with van der Waals surface area (Å²) < 4.78 is 5.52. The minimum atomic E-state index is -1.02. The van der Waals surface area contributed by atoms with Gasteiger partial charge in [0.2, 0.25) is 0 Å². The van der Waals surface area contributed by atoms with Gasteiger partial charge < -0.3 is 15.2 Å². The summed E-state index contributed by atoms with van der Waals surface area (Å²) >= 11 is 4.58. The van der Waals surface area contributed by atoms with Crippen LogP contribution in [0.3, 0.4) is 0 Å². The second-order valence-electron chi connectivity index (χ2n) is 2.80. The molecule has 1 aromatic heterocycles. The Labute approximate surface area is 105 Å². The first-order chi connectivity index (χ1) is 7.61. The topological polar surface area (TPSA) is 75.6 Å². The number of hydrogen-bond donors (Lipinski definition) is 2. The number of amides is 1. The average Bonchev–Trinajstić information content (AvgIpc) is 2.63. The summed E-state index contributed by atoms with van der Waals surface area (Å²) in [6.45, 7) is 0.121. The molecular weight excluding hydrogens is 298 g/mol. The van der Waals surface area contributed by atoms with Crippen molar-refractivity contribution in [3.8, 4) is 0 Å². The third-order valence-corrected chi connectivity index (χ3v) is 3.42. The minimum Gasteiger partial charge on any atom is -0.480 e. The molecule has 5 nitrogen and oxygen atoms in total. The second-order valence-corrected chi connectivity index (χ2v) is 4.57. The van der Waals surface area contributed by atoms with Gasteiger partial charge in [-0.15, -0.1) is 11.3 Å². The molecule has 1 heterocycles. The van der Waals surface area contributed by atoms with Crippen molar-refractivity contribution in [3.05, 3.63) is 20.8 Å². The number of halogens is 1. The highest BCUT2D eigenvalue weighted by molar-refractivity contribution is 9.10. The molecule has 0 aromatic carbocycles. The molecule has 88 valence electrons. The molecule has 0 unspecified atom stereocenters. The normalized spacial score (nSPS) is 10.1. The van der Waals surface area contributed by atoms with Gasteiger partial charge in [-0.05, 0) is 27.4 Å². The summed E-state index contributed by atoms with van der Waals surface area (Å²) in [4.78, 5) is 22.2. The summed E-state index contributed by atoms with van der Waals surface area (Å²) in [6, 6.07) is 1.79. The molecule has 0 aliphatic rings. The molecule has 0 fully saturated rings.